The molecule has 3 N–H and O–H groups in total. The van der Waals surface area contributed by atoms with Crippen LogP contribution in [0.5, 0.6) is 0 Å². The Kier molecular flexibility index (Phi) is 3.06. The number of benzene rings is 2. The number of halogens is 2. The summed E-state index contributed by atoms with van der Waals surface area (Å²) in [5.41, 5.74) is 6.34. The van der Waals surface area contributed by atoms with Gasteiger partial charge in [-0.1, -0.05) is 12.1 Å². The molecule has 0 aromatic heterocycles. The fraction of sp³-hybridized carbons (Fsp3) is 0.0769. The Balaban J connectivity index is 2.43. The van der Waals surface area contributed by atoms with E-state index in [1.807, 2.05) is 0 Å². The van der Waals surface area contributed by atoms with Crippen LogP contribution in [0, 0.1) is 11.6 Å². The van der Waals surface area contributed by atoms with Gasteiger partial charge in [0, 0.05) is 11.3 Å². The van der Waals surface area contributed by atoms with E-state index in [0.717, 1.165) is 18.2 Å². The molecule has 2 aromatic carbocycles. The standard InChI is InChI=1S/C13H11F2NO/c14-9-4-5-12(15)11(7-9)13(17)8-2-1-3-10(16)6-8/h1-7,13,17H,16H2. The van der Waals surface area contributed by atoms with Crippen molar-refractivity contribution in [1.82, 2.24) is 0 Å². The molecule has 2 rings (SSSR count). The zero-order valence-electron chi connectivity index (χ0n) is 8.90. The molecule has 4 heteroatoms. The van der Waals surface area contributed by atoms with Gasteiger partial charge in [0.1, 0.15) is 17.7 Å². The zero-order valence-corrected chi connectivity index (χ0v) is 8.90. The maximum absolute atomic E-state index is 13.4. The molecule has 17 heavy (non-hydrogen) atoms. The van der Waals surface area contributed by atoms with Crippen LogP contribution in [0.3, 0.4) is 0 Å². The fourth-order valence-corrected chi connectivity index (χ4v) is 1.63. The lowest BCUT2D eigenvalue weighted by atomic mass is 10.0. The summed E-state index contributed by atoms with van der Waals surface area (Å²) >= 11 is 0. The van der Waals surface area contributed by atoms with E-state index in [9.17, 15) is 13.9 Å². The number of aliphatic hydroxyl groups is 1. The van der Waals surface area contributed by atoms with E-state index in [2.05, 4.69) is 0 Å². The first-order valence-corrected chi connectivity index (χ1v) is 5.06. The minimum atomic E-state index is -1.23. The topological polar surface area (TPSA) is 46.2 Å². The van der Waals surface area contributed by atoms with Crippen molar-refractivity contribution >= 4 is 5.69 Å². The van der Waals surface area contributed by atoms with E-state index in [-0.39, 0.29) is 5.56 Å². The number of hydrogen-bond donors (Lipinski definition) is 2. The lowest BCUT2D eigenvalue weighted by molar-refractivity contribution is 0.214. The Bertz CT molecular complexity index is 543. The summed E-state index contributed by atoms with van der Waals surface area (Å²) in [5.74, 6) is -1.24. The summed E-state index contributed by atoms with van der Waals surface area (Å²) in [4.78, 5) is 0. The minimum absolute atomic E-state index is 0.101. The highest BCUT2D eigenvalue weighted by molar-refractivity contribution is 5.43. The van der Waals surface area contributed by atoms with Gasteiger partial charge in [-0.15, -0.1) is 0 Å². The highest BCUT2D eigenvalue weighted by atomic mass is 19.1. The van der Waals surface area contributed by atoms with Crippen molar-refractivity contribution in [2.75, 3.05) is 5.73 Å². The van der Waals surface area contributed by atoms with Crippen LogP contribution in [0.1, 0.15) is 17.2 Å². The van der Waals surface area contributed by atoms with Crippen molar-refractivity contribution in [1.29, 1.82) is 0 Å². The van der Waals surface area contributed by atoms with Crippen LogP contribution in [0.15, 0.2) is 42.5 Å². The average molecular weight is 235 g/mol. The molecule has 0 aliphatic rings. The highest BCUT2D eigenvalue weighted by Crippen LogP contribution is 2.25. The van der Waals surface area contributed by atoms with Gasteiger partial charge in [-0.3, -0.25) is 0 Å². The molecule has 88 valence electrons. The van der Waals surface area contributed by atoms with Gasteiger partial charge in [-0.2, -0.15) is 0 Å². The summed E-state index contributed by atoms with van der Waals surface area (Å²) in [6.07, 6.45) is -1.23. The van der Waals surface area contributed by atoms with Crippen molar-refractivity contribution in [3.63, 3.8) is 0 Å². The Hall–Kier alpha value is -1.94. The van der Waals surface area contributed by atoms with Gasteiger partial charge in [0.2, 0.25) is 0 Å². The number of aliphatic hydroxyl groups excluding tert-OH is 1. The van der Waals surface area contributed by atoms with Gasteiger partial charge in [-0.05, 0) is 35.9 Å². The summed E-state index contributed by atoms with van der Waals surface area (Å²) in [6, 6.07) is 9.39. The Morgan fingerprint density at radius 3 is 2.53 bits per heavy atom. The van der Waals surface area contributed by atoms with E-state index in [1.54, 1.807) is 18.2 Å². The van der Waals surface area contributed by atoms with Crippen molar-refractivity contribution in [3.05, 3.63) is 65.2 Å². The third-order valence-electron chi connectivity index (χ3n) is 2.48. The molecule has 2 nitrogen and oxygen atoms in total. The maximum atomic E-state index is 13.4. The molecule has 0 amide bonds. The van der Waals surface area contributed by atoms with Crippen molar-refractivity contribution < 1.29 is 13.9 Å². The van der Waals surface area contributed by atoms with Crippen LogP contribution >= 0.6 is 0 Å². The van der Waals surface area contributed by atoms with Crippen LogP contribution in [0.2, 0.25) is 0 Å². The second kappa shape index (κ2) is 4.51. The van der Waals surface area contributed by atoms with E-state index in [4.69, 9.17) is 5.73 Å². The monoisotopic (exact) mass is 235 g/mol. The minimum Gasteiger partial charge on any atom is -0.399 e. The molecule has 0 saturated heterocycles. The van der Waals surface area contributed by atoms with Crippen molar-refractivity contribution in [2.45, 2.75) is 6.10 Å². The number of anilines is 1. The largest absolute Gasteiger partial charge is 0.399 e. The van der Waals surface area contributed by atoms with Crippen LogP contribution in [-0.2, 0) is 0 Å². The summed E-state index contributed by atoms with van der Waals surface area (Å²) in [6.45, 7) is 0. The first-order chi connectivity index (χ1) is 8.08. The zero-order chi connectivity index (χ0) is 12.4. The lowest BCUT2D eigenvalue weighted by Gasteiger charge is -2.13. The van der Waals surface area contributed by atoms with Gasteiger partial charge in [0.25, 0.3) is 0 Å². The van der Waals surface area contributed by atoms with E-state index in [1.165, 1.54) is 6.07 Å². The molecule has 0 spiro atoms. The van der Waals surface area contributed by atoms with Crippen LogP contribution < -0.4 is 5.73 Å². The Morgan fingerprint density at radius 2 is 1.82 bits per heavy atom. The predicted molar refractivity (Wildman–Crippen MR) is 61.3 cm³/mol. The average Bonchev–Trinajstić information content (AvgIpc) is 2.31. The molecular formula is C13H11F2NO. The van der Waals surface area contributed by atoms with Gasteiger partial charge in [0.05, 0.1) is 0 Å². The molecule has 0 aliphatic carbocycles. The molecule has 0 saturated carbocycles. The fourth-order valence-electron chi connectivity index (χ4n) is 1.63. The second-order valence-corrected chi connectivity index (χ2v) is 3.74. The van der Waals surface area contributed by atoms with Crippen LogP contribution in [0.4, 0.5) is 14.5 Å². The predicted octanol–water partition coefficient (Wildman–Crippen LogP) is 2.63. The molecule has 0 heterocycles. The van der Waals surface area contributed by atoms with Crippen molar-refractivity contribution in [2.24, 2.45) is 0 Å². The molecule has 1 atom stereocenters. The van der Waals surface area contributed by atoms with Gasteiger partial charge >= 0.3 is 0 Å². The molecule has 0 fully saturated rings. The third kappa shape index (κ3) is 2.42. The first kappa shape index (κ1) is 11.5. The molecule has 2 aromatic rings. The van der Waals surface area contributed by atoms with Gasteiger partial charge in [-0.25, -0.2) is 8.78 Å². The number of rotatable bonds is 2. The van der Waals surface area contributed by atoms with Gasteiger partial charge < -0.3 is 10.8 Å². The third-order valence-corrected chi connectivity index (χ3v) is 2.48. The van der Waals surface area contributed by atoms with E-state index < -0.39 is 17.7 Å². The highest BCUT2D eigenvalue weighted by Gasteiger charge is 2.15. The molecular weight excluding hydrogens is 224 g/mol. The van der Waals surface area contributed by atoms with E-state index in [0.29, 0.717) is 11.3 Å². The molecule has 0 radical (unpaired) electrons. The number of hydrogen-bond acceptors (Lipinski definition) is 2. The number of nitrogens with two attached hydrogens (primary N) is 1. The van der Waals surface area contributed by atoms with Gasteiger partial charge in [0.15, 0.2) is 0 Å². The molecule has 0 aliphatic heterocycles. The van der Waals surface area contributed by atoms with Crippen molar-refractivity contribution in [3.8, 4) is 0 Å². The normalized spacial score (nSPS) is 12.4. The SMILES string of the molecule is Nc1cccc(C(O)c2cc(F)ccc2F)c1. The maximum Gasteiger partial charge on any atom is 0.129 e. The molecule has 0 bridgehead atoms. The lowest BCUT2D eigenvalue weighted by Crippen LogP contribution is -2.03. The summed E-state index contributed by atoms with van der Waals surface area (Å²) < 4.78 is 26.4. The Labute approximate surface area is 97.3 Å². The van der Waals surface area contributed by atoms with Crippen LogP contribution in [-0.4, -0.2) is 5.11 Å². The quantitative estimate of drug-likeness (QED) is 0.786. The summed E-state index contributed by atoms with van der Waals surface area (Å²) in [5, 5.41) is 9.96. The van der Waals surface area contributed by atoms with Crippen LogP contribution in [0.25, 0.3) is 0 Å². The molecule has 1 unspecified atom stereocenters. The summed E-state index contributed by atoms with van der Waals surface area (Å²) in [7, 11) is 0. The van der Waals surface area contributed by atoms with E-state index >= 15 is 0 Å². The Morgan fingerprint density at radius 1 is 1.06 bits per heavy atom. The smallest absolute Gasteiger partial charge is 0.129 e. The number of nitrogen functional groups attached to an aromatic ring is 1. The first-order valence-electron chi connectivity index (χ1n) is 5.06. The second-order valence-electron chi connectivity index (χ2n) is 3.74.